The molecule has 0 aliphatic carbocycles. The quantitative estimate of drug-likeness (QED) is 0.771. The summed E-state index contributed by atoms with van der Waals surface area (Å²) in [5.41, 5.74) is 0. The predicted molar refractivity (Wildman–Crippen MR) is 95.3 cm³/mol. The summed E-state index contributed by atoms with van der Waals surface area (Å²) in [6, 6.07) is 4.37. The number of hydrogen-bond donors (Lipinski definition) is 0. The first-order valence-corrected chi connectivity index (χ1v) is 10.4. The van der Waals surface area contributed by atoms with Gasteiger partial charge in [-0.05, 0) is 31.0 Å². The van der Waals surface area contributed by atoms with Crippen molar-refractivity contribution >= 4 is 39.1 Å². The summed E-state index contributed by atoms with van der Waals surface area (Å²) in [5.74, 6) is -0.333. The standard InChI is InChI=1S/C16H20Cl2N2O4S/c17-13-3-4-14(18)15(10-13)25(22,23)20-5-1-2-12(11-20)16(21)19-6-8-24-9-7-19/h3-4,10,12H,1-2,5-9,11H2/t12-/m0/s1. The Morgan fingerprint density at radius 1 is 1.16 bits per heavy atom. The lowest BCUT2D eigenvalue weighted by atomic mass is 9.98. The van der Waals surface area contributed by atoms with E-state index in [1.165, 1.54) is 16.4 Å². The van der Waals surface area contributed by atoms with Gasteiger partial charge in [0.05, 0.1) is 24.2 Å². The number of rotatable bonds is 3. The molecule has 6 nitrogen and oxygen atoms in total. The number of ether oxygens (including phenoxy) is 1. The summed E-state index contributed by atoms with van der Waals surface area (Å²) >= 11 is 12.0. The highest BCUT2D eigenvalue weighted by atomic mass is 35.5. The van der Waals surface area contributed by atoms with E-state index in [4.69, 9.17) is 27.9 Å². The average Bonchev–Trinajstić information content (AvgIpc) is 2.64. The van der Waals surface area contributed by atoms with Crippen molar-refractivity contribution < 1.29 is 17.9 Å². The van der Waals surface area contributed by atoms with Gasteiger partial charge in [0.2, 0.25) is 15.9 Å². The molecule has 2 aliphatic rings. The van der Waals surface area contributed by atoms with Gasteiger partial charge in [-0.3, -0.25) is 4.79 Å². The van der Waals surface area contributed by atoms with Crippen molar-refractivity contribution in [2.45, 2.75) is 17.7 Å². The molecule has 9 heteroatoms. The van der Waals surface area contributed by atoms with E-state index in [-0.39, 0.29) is 28.3 Å². The Morgan fingerprint density at radius 2 is 1.88 bits per heavy atom. The maximum absolute atomic E-state index is 12.9. The second-order valence-corrected chi connectivity index (χ2v) is 8.96. The van der Waals surface area contributed by atoms with Crippen LogP contribution in [0.25, 0.3) is 0 Å². The van der Waals surface area contributed by atoms with Crippen molar-refractivity contribution in [2.75, 3.05) is 39.4 Å². The number of amides is 1. The predicted octanol–water partition coefficient (Wildman–Crippen LogP) is 2.25. The molecule has 2 fully saturated rings. The van der Waals surface area contributed by atoms with Gasteiger partial charge in [-0.1, -0.05) is 23.2 Å². The molecule has 0 N–H and O–H groups in total. The molecule has 3 rings (SSSR count). The average molecular weight is 407 g/mol. The van der Waals surface area contributed by atoms with Gasteiger partial charge in [0.25, 0.3) is 0 Å². The Kier molecular flexibility index (Phi) is 5.90. The molecule has 138 valence electrons. The second-order valence-electron chi connectivity index (χ2n) is 6.21. The summed E-state index contributed by atoms with van der Waals surface area (Å²) in [6.45, 7) is 2.71. The zero-order chi connectivity index (χ0) is 18.0. The number of carbonyl (C=O) groups excluding carboxylic acids is 1. The normalized spacial score (nSPS) is 22.8. The molecule has 0 aromatic heterocycles. The van der Waals surface area contributed by atoms with Crippen molar-refractivity contribution in [3.05, 3.63) is 28.2 Å². The molecule has 1 aromatic rings. The first-order valence-electron chi connectivity index (χ1n) is 8.21. The van der Waals surface area contributed by atoms with Crippen LogP contribution >= 0.6 is 23.2 Å². The van der Waals surface area contributed by atoms with Gasteiger partial charge in [-0.15, -0.1) is 0 Å². The Bertz CT molecular complexity index is 751. The van der Waals surface area contributed by atoms with E-state index in [1.807, 2.05) is 0 Å². The molecule has 1 amide bonds. The molecule has 1 aromatic carbocycles. The molecule has 25 heavy (non-hydrogen) atoms. The minimum absolute atomic E-state index is 0.000362. The fourth-order valence-corrected chi connectivity index (χ4v) is 5.48. The van der Waals surface area contributed by atoms with Gasteiger partial charge in [-0.25, -0.2) is 8.42 Å². The smallest absolute Gasteiger partial charge is 0.244 e. The third kappa shape index (κ3) is 4.11. The molecule has 0 radical (unpaired) electrons. The maximum Gasteiger partial charge on any atom is 0.244 e. The zero-order valence-corrected chi connectivity index (χ0v) is 16.0. The molecule has 2 heterocycles. The largest absolute Gasteiger partial charge is 0.378 e. The SMILES string of the molecule is O=C([C@H]1CCCN(S(=O)(=O)c2cc(Cl)ccc2Cl)C1)N1CCOCC1. The Hall–Kier alpha value is -0.860. The number of halogens is 2. The summed E-state index contributed by atoms with van der Waals surface area (Å²) in [4.78, 5) is 14.4. The van der Waals surface area contributed by atoms with Crippen LogP contribution in [-0.4, -0.2) is 62.9 Å². The molecule has 0 unspecified atom stereocenters. The molecule has 0 bridgehead atoms. The van der Waals surface area contributed by atoms with Crippen LogP contribution in [0.5, 0.6) is 0 Å². The third-order valence-electron chi connectivity index (χ3n) is 4.57. The molecular weight excluding hydrogens is 387 g/mol. The Balaban J connectivity index is 1.78. The molecule has 0 saturated carbocycles. The van der Waals surface area contributed by atoms with E-state index in [2.05, 4.69) is 0 Å². The summed E-state index contributed by atoms with van der Waals surface area (Å²) in [6.07, 6.45) is 1.32. The van der Waals surface area contributed by atoms with Gasteiger partial charge in [-0.2, -0.15) is 4.31 Å². The van der Waals surface area contributed by atoms with E-state index >= 15 is 0 Å². The molecule has 1 atom stereocenters. The summed E-state index contributed by atoms with van der Waals surface area (Å²) < 4.78 is 32.5. The number of benzene rings is 1. The lowest BCUT2D eigenvalue weighted by molar-refractivity contribution is -0.140. The van der Waals surface area contributed by atoms with Crippen molar-refractivity contribution in [1.82, 2.24) is 9.21 Å². The number of nitrogens with zero attached hydrogens (tertiary/aromatic N) is 2. The zero-order valence-electron chi connectivity index (χ0n) is 13.7. The number of hydrogen-bond acceptors (Lipinski definition) is 4. The van der Waals surface area contributed by atoms with Gasteiger partial charge in [0, 0.05) is 31.2 Å². The van der Waals surface area contributed by atoms with Crippen LogP contribution < -0.4 is 0 Å². The van der Waals surface area contributed by atoms with Gasteiger partial charge < -0.3 is 9.64 Å². The first-order chi connectivity index (χ1) is 11.9. The van der Waals surface area contributed by atoms with Crippen molar-refractivity contribution in [1.29, 1.82) is 0 Å². The molecule has 0 spiro atoms. The number of sulfonamides is 1. The lowest BCUT2D eigenvalue weighted by Gasteiger charge is -2.35. The van der Waals surface area contributed by atoms with Gasteiger partial charge in [0.1, 0.15) is 4.90 Å². The van der Waals surface area contributed by atoms with E-state index in [0.717, 1.165) is 0 Å². The van der Waals surface area contributed by atoms with Crippen molar-refractivity contribution in [3.63, 3.8) is 0 Å². The van der Waals surface area contributed by atoms with Crippen LogP contribution in [-0.2, 0) is 19.6 Å². The number of piperidine rings is 1. The maximum atomic E-state index is 12.9. The minimum Gasteiger partial charge on any atom is -0.378 e. The number of carbonyl (C=O) groups is 1. The summed E-state index contributed by atoms with van der Waals surface area (Å²) in [5, 5.41) is 0.437. The van der Waals surface area contributed by atoms with Crippen LogP contribution in [0.3, 0.4) is 0 Å². The van der Waals surface area contributed by atoms with E-state index in [1.54, 1.807) is 11.0 Å². The van der Waals surface area contributed by atoms with Gasteiger partial charge >= 0.3 is 0 Å². The van der Waals surface area contributed by atoms with Crippen LogP contribution in [0.4, 0.5) is 0 Å². The molecule has 2 saturated heterocycles. The van der Waals surface area contributed by atoms with Gasteiger partial charge in [0.15, 0.2) is 0 Å². The Labute approximate surface area is 157 Å². The fourth-order valence-electron chi connectivity index (χ4n) is 3.22. The molecule has 2 aliphatic heterocycles. The lowest BCUT2D eigenvalue weighted by Crippen LogP contribution is -2.49. The highest BCUT2D eigenvalue weighted by Crippen LogP contribution is 2.30. The second kappa shape index (κ2) is 7.80. The van der Waals surface area contributed by atoms with Crippen molar-refractivity contribution in [2.24, 2.45) is 5.92 Å². The minimum atomic E-state index is -3.79. The van der Waals surface area contributed by atoms with E-state index in [9.17, 15) is 13.2 Å². The van der Waals surface area contributed by atoms with Crippen LogP contribution in [0, 0.1) is 5.92 Å². The highest BCUT2D eigenvalue weighted by Gasteiger charge is 2.36. The molecular formula is C16H20Cl2N2O4S. The van der Waals surface area contributed by atoms with E-state index in [0.29, 0.717) is 50.7 Å². The highest BCUT2D eigenvalue weighted by molar-refractivity contribution is 7.89. The Morgan fingerprint density at radius 3 is 2.60 bits per heavy atom. The number of morpholine rings is 1. The van der Waals surface area contributed by atoms with Crippen LogP contribution in [0.2, 0.25) is 10.0 Å². The first kappa shape index (κ1) is 18.9. The van der Waals surface area contributed by atoms with Crippen LogP contribution in [0.15, 0.2) is 23.1 Å². The van der Waals surface area contributed by atoms with Crippen molar-refractivity contribution in [3.8, 4) is 0 Å². The fraction of sp³-hybridized carbons (Fsp3) is 0.562. The van der Waals surface area contributed by atoms with Crippen LogP contribution in [0.1, 0.15) is 12.8 Å². The third-order valence-corrected chi connectivity index (χ3v) is 7.15. The topological polar surface area (TPSA) is 66.9 Å². The van der Waals surface area contributed by atoms with E-state index < -0.39 is 10.0 Å². The monoisotopic (exact) mass is 406 g/mol. The summed E-state index contributed by atoms with van der Waals surface area (Å²) in [7, 11) is -3.79.